The number of aliphatic hydroxyl groups excluding tert-OH is 1. The van der Waals surface area contributed by atoms with Gasteiger partial charge in [-0.1, -0.05) is 18.2 Å². The van der Waals surface area contributed by atoms with Gasteiger partial charge in [0, 0.05) is 5.56 Å². The lowest BCUT2D eigenvalue weighted by Gasteiger charge is -1.96. The summed E-state index contributed by atoms with van der Waals surface area (Å²) >= 11 is 0. The summed E-state index contributed by atoms with van der Waals surface area (Å²) in [5.41, 5.74) is 3.28. The minimum atomic E-state index is -0.471. The number of fused-ring (bicyclic) bond motifs is 1. The highest BCUT2D eigenvalue weighted by molar-refractivity contribution is 5.99. The van der Waals surface area contributed by atoms with Gasteiger partial charge in [-0.05, 0) is 30.2 Å². The number of rotatable bonds is 3. The minimum Gasteiger partial charge on any atom is -0.388 e. The van der Waals surface area contributed by atoms with Crippen LogP contribution < -0.4 is 0 Å². The zero-order valence-electron chi connectivity index (χ0n) is 9.68. The summed E-state index contributed by atoms with van der Waals surface area (Å²) in [5.74, 6) is 0.554. The van der Waals surface area contributed by atoms with Gasteiger partial charge in [0.2, 0.25) is 0 Å². The smallest absolute Gasteiger partial charge is 0.188 e. The van der Waals surface area contributed by atoms with Crippen LogP contribution in [0.5, 0.6) is 0 Å². The van der Waals surface area contributed by atoms with Gasteiger partial charge >= 0.3 is 0 Å². The number of allylic oxidation sites excluding steroid dienone is 4. The first kappa shape index (κ1) is 10.9. The molecule has 18 heavy (non-hydrogen) atoms. The molecule has 0 atom stereocenters. The van der Waals surface area contributed by atoms with E-state index in [1.807, 2.05) is 12.2 Å². The van der Waals surface area contributed by atoms with Crippen LogP contribution in [0.15, 0.2) is 36.4 Å². The van der Waals surface area contributed by atoms with Crippen LogP contribution in [0.2, 0.25) is 0 Å². The molecule has 0 unspecified atom stereocenters. The highest BCUT2D eigenvalue weighted by Gasteiger charge is 2.11. The molecule has 1 aromatic heterocycles. The molecule has 0 spiro atoms. The molecule has 0 radical (unpaired) electrons. The molecule has 0 amide bonds. The van der Waals surface area contributed by atoms with Crippen LogP contribution in [0.1, 0.15) is 22.6 Å². The number of Topliss-reactive ketones (excluding diaryl/α,β-unsaturated/α-hetero) is 1. The van der Waals surface area contributed by atoms with Gasteiger partial charge in [0.1, 0.15) is 12.4 Å². The van der Waals surface area contributed by atoms with E-state index in [1.165, 1.54) is 0 Å². The van der Waals surface area contributed by atoms with E-state index in [1.54, 1.807) is 18.2 Å². The Hall–Kier alpha value is -2.20. The summed E-state index contributed by atoms with van der Waals surface area (Å²) in [4.78, 5) is 19.1. The van der Waals surface area contributed by atoms with E-state index in [-0.39, 0.29) is 5.78 Å². The number of aromatic amines is 1. The van der Waals surface area contributed by atoms with Gasteiger partial charge in [-0.2, -0.15) is 0 Å². The Balaban J connectivity index is 2.04. The third-order valence-electron chi connectivity index (χ3n) is 3.02. The van der Waals surface area contributed by atoms with Crippen molar-refractivity contribution in [2.24, 2.45) is 0 Å². The van der Waals surface area contributed by atoms with E-state index in [0.29, 0.717) is 5.56 Å². The van der Waals surface area contributed by atoms with Gasteiger partial charge in [0.25, 0.3) is 0 Å². The fourth-order valence-electron chi connectivity index (χ4n) is 2.05. The quantitative estimate of drug-likeness (QED) is 0.807. The molecule has 0 saturated heterocycles. The van der Waals surface area contributed by atoms with Crippen molar-refractivity contribution in [3.05, 3.63) is 47.8 Å². The van der Waals surface area contributed by atoms with Crippen molar-refractivity contribution >= 4 is 22.4 Å². The van der Waals surface area contributed by atoms with Crippen LogP contribution in [-0.2, 0) is 0 Å². The monoisotopic (exact) mass is 240 g/mol. The van der Waals surface area contributed by atoms with Crippen molar-refractivity contribution in [1.82, 2.24) is 9.97 Å². The maximum Gasteiger partial charge on any atom is 0.188 e. The van der Waals surface area contributed by atoms with Gasteiger partial charge in [-0.3, -0.25) is 4.79 Å². The molecular weight excluding hydrogens is 228 g/mol. The number of aliphatic hydroxyl groups is 1. The number of hydrogen-bond acceptors (Lipinski definition) is 3. The SMILES string of the molecule is O=C(CO)c1ccc2nc(C3=CC=CC3)[nH]c2c1. The van der Waals surface area contributed by atoms with Gasteiger partial charge < -0.3 is 10.1 Å². The van der Waals surface area contributed by atoms with Gasteiger partial charge in [0.15, 0.2) is 5.78 Å². The number of H-pyrrole nitrogens is 1. The van der Waals surface area contributed by atoms with E-state index < -0.39 is 6.61 Å². The first-order valence-electron chi connectivity index (χ1n) is 5.78. The Labute approximate surface area is 104 Å². The summed E-state index contributed by atoms with van der Waals surface area (Å²) in [6, 6.07) is 5.21. The second kappa shape index (κ2) is 4.23. The standard InChI is InChI=1S/C14H12N2O2/c17-8-13(18)10-5-6-11-12(7-10)16-14(15-11)9-3-1-2-4-9/h1-3,5-7,17H,4,8H2,(H,15,16). The second-order valence-electron chi connectivity index (χ2n) is 4.22. The van der Waals surface area contributed by atoms with E-state index in [4.69, 9.17) is 5.11 Å². The number of aromatic nitrogens is 2. The van der Waals surface area contributed by atoms with Crippen LogP contribution >= 0.6 is 0 Å². The predicted molar refractivity (Wildman–Crippen MR) is 69.2 cm³/mol. The zero-order valence-corrected chi connectivity index (χ0v) is 9.68. The maximum atomic E-state index is 11.4. The van der Waals surface area contributed by atoms with Crippen molar-refractivity contribution in [2.75, 3.05) is 6.61 Å². The lowest BCUT2D eigenvalue weighted by Crippen LogP contribution is -2.03. The van der Waals surface area contributed by atoms with Crippen molar-refractivity contribution in [3.8, 4) is 0 Å². The minimum absolute atomic E-state index is 0.283. The molecule has 0 aliphatic heterocycles. The van der Waals surface area contributed by atoms with E-state index in [9.17, 15) is 4.79 Å². The van der Waals surface area contributed by atoms with Crippen LogP contribution in [0, 0.1) is 0 Å². The number of carbonyl (C=O) groups is 1. The largest absolute Gasteiger partial charge is 0.388 e. The molecule has 4 nitrogen and oxygen atoms in total. The van der Waals surface area contributed by atoms with Crippen LogP contribution in [0.3, 0.4) is 0 Å². The highest BCUT2D eigenvalue weighted by Crippen LogP contribution is 2.23. The Bertz CT molecular complexity index is 680. The summed E-state index contributed by atoms with van der Waals surface area (Å²) < 4.78 is 0. The molecule has 0 bridgehead atoms. The average molecular weight is 240 g/mol. The second-order valence-corrected chi connectivity index (χ2v) is 4.22. The number of benzene rings is 1. The van der Waals surface area contributed by atoms with Crippen molar-refractivity contribution in [3.63, 3.8) is 0 Å². The molecule has 3 rings (SSSR count). The summed E-state index contributed by atoms with van der Waals surface area (Å²) in [6.07, 6.45) is 6.98. The Morgan fingerprint density at radius 2 is 2.33 bits per heavy atom. The number of hydrogen-bond donors (Lipinski definition) is 2. The molecule has 4 heteroatoms. The number of nitrogens with zero attached hydrogens (tertiary/aromatic N) is 1. The number of ketones is 1. The van der Waals surface area contributed by atoms with Gasteiger partial charge in [-0.15, -0.1) is 0 Å². The van der Waals surface area contributed by atoms with E-state index in [0.717, 1.165) is 28.9 Å². The summed E-state index contributed by atoms with van der Waals surface area (Å²) in [5, 5.41) is 8.85. The predicted octanol–water partition coefficient (Wildman–Crippen LogP) is 2.08. The Kier molecular flexibility index (Phi) is 2.57. The van der Waals surface area contributed by atoms with Crippen LogP contribution in [0.4, 0.5) is 0 Å². The molecule has 2 aromatic rings. The lowest BCUT2D eigenvalue weighted by atomic mass is 10.1. The Morgan fingerprint density at radius 1 is 1.44 bits per heavy atom. The van der Waals surface area contributed by atoms with Crippen molar-refractivity contribution in [2.45, 2.75) is 6.42 Å². The normalized spacial score (nSPS) is 14.2. The molecule has 1 heterocycles. The van der Waals surface area contributed by atoms with E-state index >= 15 is 0 Å². The van der Waals surface area contributed by atoms with E-state index in [2.05, 4.69) is 16.0 Å². The van der Waals surface area contributed by atoms with Gasteiger partial charge in [0.05, 0.1) is 11.0 Å². The third kappa shape index (κ3) is 1.76. The first-order chi connectivity index (χ1) is 8.78. The fourth-order valence-corrected chi connectivity index (χ4v) is 2.05. The van der Waals surface area contributed by atoms with Crippen LogP contribution in [0.25, 0.3) is 16.6 Å². The molecule has 1 aliphatic rings. The number of nitrogens with one attached hydrogen (secondary N) is 1. The molecule has 90 valence electrons. The molecular formula is C14H12N2O2. The lowest BCUT2D eigenvalue weighted by molar-refractivity contribution is 0.0904. The van der Waals surface area contributed by atoms with Gasteiger partial charge in [-0.25, -0.2) is 4.98 Å². The highest BCUT2D eigenvalue weighted by atomic mass is 16.3. The zero-order chi connectivity index (χ0) is 12.5. The third-order valence-corrected chi connectivity index (χ3v) is 3.02. The number of imidazole rings is 1. The topological polar surface area (TPSA) is 66.0 Å². The molecule has 2 N–H and O–H groups in total. The Morgan fingerprint density at radius 3 is 3.06 bits per heavy atom. The molecule has 0 saturated carbocycles. The number of carbonyl (C=O) groups excluding carboxylic acids is 1. The van der Waals surface area contributed by atoms with Crippen LogP contribution in [-0.4, -0.2) is 27.5 Å². The summed E-state index contributed by atoms with van der Waals surface area (Å²) in [6.45, 7) is -0.471. The fraction of sp³-hybridized carbons (Fsp3) is 0.143. The summed E-state index contributed by atoms with van der Waals surface area (Å²) in [7, 11) is 0. The molecule has 1 aliphatic carbocycles. The molecule has 0 fully saturated rings. The van der Waals surface area contributed by atoms with Crippen molar-refractivity contribution < 1.29 is 9.90 Å². The van der Waals surface area contributed by atoms with Crippen molar-refractivity contribution in [1.29, 1.82) is 0 Å². The maximum absolute atomic E-state index is 11.4. The molecule has 1 aromatic carbocycles. The first-order valence-corrected chi connectivity index (χ1v) is 5.78. The average Bonchev–Trinajstić information content (AvgIpc) is 3.04.